The van der Waals surface area contributed by atoms with Crippen LogP contribution in [0.3, 0.4) is 0 Å². The van der Waals surface area contributed by atoms with Crippen molar-refractivity contribution in [2.24, 2.45) is 0 Å². The summed E-state index contributed by atoms with van der Waals surface area (Å²) in [6.45, 7) is -0.559. The average molecular weight is 369 g/mol. The van der Waals surface area contributed by atoms with E-state index in [-0.39, 0.29) is 11.3 Å². The Labute approximate surface area is 146 Å². The second-order valence-electron chi connectivity index (χ2n) is 4.93. The number of carbonyl (C=O) groups is 2. The van der Waals surface area contributed by atoms with E-state index in [9.17, 15) is 22.8 Å². The molecule has 0 aliphatic heterocycles. The molecular weight excluding hydrogens is 355 g/mol. The molecule has 1 amide bonds. The molecule has 6 nitrogen and oxygen atoms in total. The van der Waals surface area contributed by atoms with Crippen LogP contribution in [0.15, 0.2) is 48.5 Å². The van der Waals surface area contributed by atoms with Gasteiger partial charge in [0.2, 0.25) is 0 Å². The van der Waals surface area contributed by atoms with Crippen LogP contribution in [0.4, 0.5) is 18.9 Å². The van der Waals surface area contributed by atoms with Gasteiger partial charge in [0.25, 0.3) is 5.91 Å². The van der Waals surface area contributed by atoms with Crippen LogP contribution in [-0.2, 0) is 9.53 Å². The summed E-state index contributed by atoms with van der Waals surface area (Å²) in [4.78, 5) is 23.6. The smallest absolute Gasteiger partial charge is 0.497 e. The number of methoxy groups -OCH3 is 1. The van der Waals surface area contributed by atoms with E-state index in [2.05, 4.69) is 10.1 Å². The molecule has 0 aromatic heterocycles. The van der Waals surface area contributed by atoms with Gasteiger partial charge in [0.1, 0.15) is 11.5 Å². The van der Waals surface area contributed by atoms with Crippen LogP contribution in [0.1, 0.15) is 10.4 Å². The highest BCUT2D eigenvalue weighted by Gasteiger charge is 2.30. The van der Waals surface area contributed by atoms with Crippen LogP contribution >= 0.6 is 0 Å². The van der Waals surface area contributed by atoms with Gasteiger partial charge < -0.3 is 19.5 Å². The van der Waals surface area contributed by atoms with E-state index in [1.807, 2.05) is 0 Å². The third-order valence-electron chi connectivity index (χ3n) is 3.01. The molecule has 0 unspecified atom stereocenters. The number of benzene rings is 2. The Morgan fingerprint density at radius 2 is 1.73 bits per heavy atom. The van der Waals surface area contributed by atoms with Crippen molar-refractivity contribution < 1.29 is 37.0 Å². The molecule has 0 radical (unpaired) electrons. The largest absolute Gasteiger partial charge is 0.573 e. The maximum Gasteiger partial charge on any atom is 0.573 e. The Kier molecular flexibility index (Phi) is 6.05. The lowest BCUT2D eigenvalue weighted by Crippen LogP contribution is -2.21. The molecule has 0 saturated carbocycles. The molecule has 9 heteroatoms. The molecule has 0 bridgehead atoms. The SMILES string of the molecule is COc1cccc(C(=O)OCC(=O)Nc2ccc(OC(F)(F)F)cc2)c1. The summed E-state index contributed by atoms with van der Waals surface area (Å²) in [6.07, 6.45) is -4.79. The molecule has 0 aliphatic rings. The molecule has 1 N–H and O–H groups in total. The number of alkyl halides is 3. The van der Waals surface area contributed by atoms with Gasteiger partial charge in [-0.2, -0.15) is 0 Å². The van der Waals surface area contributed by atoms with Crippen molar-refractivity contribution in [1.82, 2.24) is 0 Å². The van der Waals surface area contributed by atoms with Crippen LogP contribution in [0, 0.1) is 0 Å². The van der Waals surface area contributed by atoms with Crippen LogP contribution in [0.2, 0.25) is 0 Å². The second-order valence-corrected chi connectivity index (χ2v) is 4.93. The van der Waals surface area contributed by atoms with Crippen molar-refractivity contribution >= 4 is 17.6 Å². The van der Waals surface area contributed by atoms with E-state index in [0.717, 1.165) is 12.1 Å². The van der Waals surface area contributed by atoms with Gasteiger partial charge in [-0.15, -0.1) is 13.2 Å². The standard InChI is InChI=1S/C17H14F3NO5/c1-24-14-4-2-3-11(9-14)16(23)25-10-15(22)21-12-5-7-13(8-6-12)26-17(18,19)20/h2-9H,10H2,1H3,(H,21,22). The lowest BCUT2D eigenvalue weighted by atomic mass is 10.2. The molecule has 2 aromatic carbocycles. The average Bonchev–Trinajstić information content (AvgIpc) is 2.60. The number of hydrogen-bond acceptors (Lipinski definition) is 5. The molecule has 138 valence electrons. The highest BCUT2D eigenvalue weighted by molar-refractivity contribution is 5.95. The summed E-state index contributed by atoms with van der Waals surface area (Å²) >= 11 is 0. The van der Waals surface area contributed by atoms with E-state index in [1.54, 1.807) is 12.1 Å². The van der Waals surface area contributed by atoms with E-state index >= 15 is 0 Å². The first-order chi connectivity index (χ1) is 12.3. The Balaban J connectivity index is 1.85. The summed E-state index contributed by atoms with van der Waals surface area (Å²) in [6, 6.07) is 10.7. The highest BCUT2D eigenvalue weighted by atomic mass is 19.4. The van der Waals surface area contributed by atoms with Crippen LogP contribution in [0.25, 0.3) is 0 Å². The molecule has 0 spiro atoms. The molecule has 0 saturated heterocycles. The van der Waals surface area contributed by atoms with Gasteiger partial charge in [-0.25, -0.2) is 4.79 Å². The summed E-state index contributed by atoms with van der Waals surface area (Å²) in [7, 11) is 1.45. The van der Waals surface area contributed by atoms with E-state index in [0.29, 0.717) is 5.75 Å². The maximum absolute atomic E-state index is 12.1. The molecule has 0 atom stereocenters. The zero-order valence-corrected chi connectivity index (χ0v) is 13.5. The number of ether oxygens (including phenoxy) is 3. The zero-order valence-electron chi connectivity index (χ0n) is 13.5. The number of anilines is 1. The van der Waals surface area contributed by atoms with Gasteiger partial charge in [0.15, 0.2) is 6.61 Å². The summed E-state index contributed by atoms with van der Waals surface area (Å²) in [5.41, 5.74) is 0.438. The van der Waals surface area contributed by atoms with E-state index in [4.69, 9.17) is 9.47 Å². The minimum absolute atomic E-state index is 0.214. The van der Waals surface area contributed by atoms with Gasteiger partial charge >= 0.3 is 12.3 Å². The second kappa shape index (κ2) is 8.24. The van der Waals surface area contributed by atoms with Crippen molar-refractivity contribution in [3.63, 3.8) is 0 Å². The molecule has 26 heavy (non-hydrogen) atoms. The summed E-state index contributed by atoms with van der Waals surface area (Å²) in [5, 5.41) is 2.38. The number of amides is 1. The third kappa shape index (κ3) is 6.00. The molecule has 2 rings (SSSR count). The molecule has 0 heterocycles. The minimum Gasteiger partial charge on any atom is -0.497 e. The van der Waals surface area contributed by atoms with Crippen LogP contribution in [-0.4, -0.2) is 32.0 Å². The molecule has 0 aliphatic carbocycles. The quantitative estimate of drug-likeness (QED) is 0.790. The third-order valence-corrected chi connectivity index (χ3v) is 3.01. The fourth-order valence-electron chi connectivity index (χ4n) is 1.90. The van der Waals surface area contributed by atoms with Gasteiger partial charge in [0.05, 0.1) is 12.7 Å². The molecule has 2 aromatic rings. The van der Waals surface area contributed by atoms with Gasteiger partial charge in [0, 0.05) is 5.69 Å². The first kappa shape index (κ1) is 19.1. The lowest BCUT2D eigenvalue weighted by Gasteiger charge is -2.10. The molecule has 0 fully saturated rings. The summed E-state index contributed by atoms with van der Waals surface area (Å²) < 4.78 is 49.8. The number of carbonyl (C=O) groups excluding carboxylic acids is 2. The first-order valence-corrected chi connectivity index (χ1v) is 7.23. The predicted molar refractivity (Wildman–Crippen MR) is 85.0 cm³/mol. The van der Waals surface area contributed by atoms with Crippen molar-refractivity contribution in [3.05, 3.63) is 54.1 Å². The van der Waals surface area contributed by atoms with Gasteiger partial charge in [-0.05, 0) is 42.5 Å². The molecular formula is C17H14F3NO5. The van der Waals surface area contributed by atoms with Gasteiger partial charge in [-0.1, -0.05) is 6.07 Å². The van der Waals surface area contributed by atoms with Crippen molar-refractivity contribution in [2.75, 3.05) is 19.0 Å². The monoisotopic (exact) mass is 369 g/mol. The number of rotatable bonds is 6. The van der Waals surface area contributed by atoms with Crippen LogP contribution < -0.4 is 14.8 Å². The zero-order chi connectivity index (χ0) is 19.2. The fraction of sp³-hybridized carbons (Fsp3) is 0.176. The number of nitrogens with one attached hydrogen (secondary N) is 1. The lowest BCUT2D eigenvalue weighted by molar-refractivity contribution is -0.274. The highest BCUT2D eigenvalue weighted by Crippen LogP contribution is 2.23. The minimum atomic E-state index is -4.79. The topological polar surface area (TPSA) is 73.9 Å². The van der Waals surface area contributed by atoms with Crippen LogP contribution in [0.5, 0.6) is 11.5 Å². The fourth-order valence-corrected chi connectivity index (χ4v) is 1.90. The Hall–Kier alpha value is -3.23. The number of esters is 1. The number of halogens is 3. The Morgan fingerprint density at radius 1 is 1.04 bits per heavy atom. The first-order valence-electron chi connectivity index (χ1n) is 7.23. The Morgan fingerprint density at radius 3 is 2.35 bits per heavy atom. The van der Waals surface area contributed by atoms with Crippen molar-refractivity contribution in [3.8, 4) is 11.5 Å². The predicted octanol–water partition coefficient (Wildman–Crippen LogP) is 3.39. The van der Waals surface area contributed by atoms with Gasteiger partial charge in [-0.3, -0.25) is 4.79 Å². The normalized spacial score (nSPS) is 10.8. The number of hydrogen-bond donors (Lipinski definition) is 1. The van der Waals surface area contributed by atoms with Crippen molar-refractivity contribution in [2.45, 2.75) is 6.36 Å². The maximum atomic E-state index is 12.1. The van der Waals surface area contributed by atoms with E-state index in [1.165, 1.54) is 31.4 Å². The van der Waals surface area contributed by atoms with Crippen molar-refractivity contribution in [1.29, 1.82) is 0 Å². The summed E-state index contributed by atoms with van der Waals surface area (Å²) in [5.74, 6) is -1.32. The van der Waals surface area contributed by atoms with E-state index < -0.39 is 30.6 Å². The Bertz CT molecular complexity index is 775.